The molecule has 1 aliphatic rings. The molecule has 4 nitrogen and oxygen atoms in total. The highest BCUT2D eigenvalue weighted by Gasteiger charge is 2.23. The average molecular weight is 335 g/mol. The Bertz CT molecular complexity index is 507. The van der Waals surface area contributed by atoms with Crippen LogP contribution in [0.5, 0.6) is 0 Å². The highest BCUT2D eigenvalue weighted by molar-refractivity contribution is 7.99. The van der Waals surface area contributed by atoms with Gasteiger partial charge in [-0.3, -0.25) is 0 Å². The molecule has 1 unspecified atom stereocenters. The van der Waals surface area contributed by atoms with E-state index in [1.165, 1.54) is 11.3 Å². The van der Waals surface area contributed by atoms with Gasteiger partial charge in [0, 0.05) is 18.3 Å². The first kappa shape index (κ1) is 16.3. The molecule has 2 rings (SSSR count). The lowest BCUT2D eigenvalue weighted by Gasteiger charge is -2.21. The van der Waals surface area contributed by atoms with Crippen LogP contribution in [-0.4, -0.2) is 32.5 Å². The molecular weight excluding hydrogens is 312 g/mol. The average Bonchev–Trinajstić information content (AvgIpc) is 2.89. The van der Waals surface area contributed by atoms with Gasteiger partial charge >= 0.3 is 0 Å². The van der Waals surface area contributed by atoms with Gasteiger partial charge in [-0.25, -0.2) is 13.1 Å². The van der Waals surface area contributed by atoms with E-state index in [9.17, 15) is 8.42 Å². The van der Waals surface area contributed by atoms with E-state index in [4.69, 9.17) is 0 Å². The Morgan fingerprint density at radius 1 is 1.45 bits per heavy atom. The van der Waals surface area contributed by atoms with Gasteiger partial charge in [-0.15, -0.1) is 11.3 Å². The van der Waals surface area contributed by atoms with Gasteiger partial charge in [0.25, 0.3) is 0 Å². The van der Waals surface area contributed by atoms with E-state index < -0.39 is 10.0 Å². The van der Waals surface area contributed by atoms with E-state index in [1.807, 2.05) is 17.1 Å². The zero-order valence-corrected chi connectivity index (χ0v) is 14.2. The van der Waals surface area contributed by atoms with Gasteiger partial charge in [0.05, 0.1) is 0 Å². The van der Waals surface area contributed by atoms with Gasteiger partial charge in [0.15, 0.2) is 0 Å². The van der Waals surface area contributed by atoms with Crippen molar-refractivity contribution < 1.29 is 8.42 Å². The summed E-state index contributed by atoms with van der Waals surface area (Å²) >= 11 is 3.13. The molecule has 0 saturated carbocycles. The Hall–Kier alpha value is -0.0800. The molecule has 7 heteroatoms. The van der Waals surface area contributed by atoms with Gasteiger partial charge in [0.2, 0.25) is 10.0 Å². The maximum atomic E-state index is 12.3. The number of thiophene rings is 1. The summed E-state index contributed by atoms with van der Waals surface area (Å²) in [6, 6.07) is 1.87. The molecule has 1 saturated heterocycles. The van der Waals surface area contributed by atoms with Crippen molar-refractivity contribution in [1.29, 1.82) is 0 Å². The molecule has 0 aliphatic carbocycles. The zero-order valence-electron chi connectivity index (χ0n) is 11.7. The molecule has 0 radical (unpaired) electrons. The first-order valence-electron chi connectivity index (χ1n) is 7.00. The van der Waals surface area contributed by atoms with Crippen molar-refractivity contribution >= 4 is 33.1 Å². The predicted molar refractivity (Wildman–Crippen MR) is 87.0 cm³/mol. The van der Waals surface area contributed by atoms with Gasteiger partial charge in [-0.2, -0.15) is 11.8 Å². The molecule has 0 bridgehead atoms. The van der Waals surface area contributed by atoms with Crippen LogP contribution in [0.15, 0.2) is 15.7 Å². The number of thioether (sulfide) groups is 1. The highest BCUT2D eigenvalue weighted by Crippen LogP contribution is 2.23. The second-order valence-corrected chi connectivity index (χ2v) is 8.99. The van der Waals surface area contributed by atoms with Crippen molar-refractivity contribution in [2.45, 2.75) is 43.0 Å². The maximum Gasteiger partial charge on any atom is 0.250 e. The van der Waals surface area contributed by atoms with Crippen molar-refractivity contribution in [2.75, 3.05) is 18.1 Å². The third-order valence-electron chi connectivity index (χ3n) is 3.13. The minimum atomic E-state index is -3.34. The fourth-order valence-corrected chi connectivity index (χ4v) is 5.78. The van der Waals surface area contributed by atoms with Crippen LogP contribution in [0.3, 0.4) is 0 Å². The van der Waals surface area contributed by atoms with E-state index in [-0.39, 0.29) is 6.04 Å². The topological polar surface area (TPSA) is 58.2 Å². The van der Waals surface area contributed by atoms with Crippen LogP contribution in [0.4, 0.5) is 0 Å². The standard InChI is InChI=1S/C13H22N2O2S3/c1-2-5-14-8-11-7-13(19-9-11)20(16,17)15-12-4-3-6-18-10-12/h7,9,12,14-15H,2-6,8,10H2,1H3. The third kappa shape index (κ3) is 4.73. The molecule has 114 valence electrons. The smallest absolute Gasteiger partial charge is 0.250 e. The Morgan fingerprint density at radius 2 is 2.30 bits per heavy atom. The third-order valence-corrected chi connectivity index (χ3v) is 7.36. The molecule has 1 aromatic rings. The molecule has 0 amide bonds. The van der Waals surface area contributed by atoms with Crippen LogP contribution in [0.2, 0.25) is 0 Å². The normalized spacial score (nSPS) is 20.1. The summed E-state index contributed by atoms with van der Waals surface area (Å²) < 4.78 is 27.9. The number of nitrogens with one attached hydrogen (secondary N) is 2. The summed E-state index contributed by atoms with van der Waals surface area (Å²) in [7, 11) is -3.34. The summed E-state index contributed by atoms with van der Waals surface area (Å²) in [5, 5.41) is 5.21. The molecular formula is C13H22N2O2S3. The molecule has 1 fully saturated rings. The number of sulfonamides is 1. The molecule has 2 N–H and O–H groups in total. The molecule has 20 heavy (non-hydrogen) atoms. The summed E-state index contributed by atoms with van der Waals surface area (Å²) in [6.07, 6.45) is 3.12. The van der Waals surface area contributed by atoms with Crippen LogP contribution in [0.25, 0.3) is 0 Å². The van der Waals surface area contributed by atoms with Crippen molar-refractivity contribution in [3.05, 3.63) is 17.0 Å². The van der Waals surface area contributed by atoms with E-state index in [0.29, 0.717) is 4.21 Å². The van der Waals surface area contributed by atoms with E-state index >= 15 is 0 Å². The van der Waals surface area contributed by atoms with Gasteiger partial charge < -0.3 is 5.32 Å². The molecule has 1 aromatic heterocycles. The predicted octanol–water partition coefficient (Wildman–Crippen LogP) is 2.42. The van der Waals surface area contributed by atoms with E-state index in [0.717, 1.165) is 49.4 Å². The van der Waals surface area contributed by atoms with Gasteiger partial charge in [-0.1, -0.05) is 6.92 Å². The van der Waals surface area contributed by atoms with Crippen molar-refractivity contribution in [3.8, 4) is 0 Å². The number of hydrogen-bond donors (Lipinski definition) is 2. The molecule has 0 spiro atoms. The fourth-order valence-electron chi connectivity index (χ4n) is 2.11. The van der Waals surface area contributed by atoms with Crippen LogP contribution >= 0.6 is 23.1 Å². The summed E-state index contributed by atoms with van der Waals surface area (Å²) in [5.74, 6) is 2.03. The Balaban J connectivity index is 1.94. The minimum absolute atomic E-state index is 0.0857. The van der Waals surface area contributed by atoms with E-state index in [2.05, 4.69) is 17.0 Å². The van der Waals surface area contributed by atoms with Crippen LogP contribution in [0, 0.1) is 0 Å². The van der Waals surface area contributed by atoms with Crippen molar-refractivity contribution in [1.82, 2.24) is 10.0 Å². The number of hydrogen-bond acceptors (Lipinski definition) is 5. The lowest BCUT2D eigenvalue weighted by Crippen LogP contribution is -2.37. The Kier molecular flexibility index (Phi) is 6.35. The molecule has 2 heterocycles. The summed E-state index contributed by atoms with van der Waals surface area (Å²) in [6.45, 7) is 3.80. The Labute approximate surface area is 129 Å². The summed E-state index contributed by atoms with van der Waals surface area (Å²) in [5.41, 5.74) is 1.04. The first-order chi connectivity index (χ1) is 9.62. The van der Waals surface area contributed by atoms with Crippen molar-refractivity contribution in [2.24, 2.45) is 0 Å². The fraction of sp³-hybridized carbons (Fsp3) is 0.692. The molecule has 1 aliphatic heterocycles. The van der Waals surface area contributed by atoms with Crippen molar-refractivity contribution in [3.63, 3.8) is 0 Å². The van der Waals surface area contributed by atoms with Crippen LogP contribution < -0.4 is 10.0 Å². The molecule has 0 aromatic carbocycles. The van der Waals surface area contributed by atoms with Crippen LogP contribution in [0.1, 0.15) is 31.7 Å². The maximum absolute atomic E-state index is 12.3. The Morgan fingerprint density at radius 3 is 3.00 bits per heavy atom. The highest BCUT2D eigenvalue weighted by atomic mass is 32.2. The lowest BCUT2D eigenvalue weighted by molar-refractivity contribution is 0.544. The van der Waals surface area contributed by atoms with E-state index in [1.54, 1.807) is 6.07 Å². The molecule has 1 atom stereocenters. The zero-order chi connectivity index (χ0) is 14.4. The van der Waals surface area contributed by atoms with Gasteiger partial charge in [-0.05, 0) is 48.6 Å². The second kappa shape index (κ2) is 7.79. The minimum Gasteiger partial charge on any atom is -0.313 e. The summed E-state index contributed by atoms with van der Waals surface area (Å²) in [4.78, 5) is 0. The SMILES string of the molecule is CCCNCc1csc(S(=O)(=O)NC2CCCSC2)c1. The quantitative estimate of drug-likeness (QED) is 0.752. The van der Waals surface area contributed by atoms with Crippen LogP contribution in [-0.2, 0) is 16.6 Å². The lowest BCUT2D eigenvalue weighted by atomic mass is 10.2. The first-order valence-corrected chi connectivity index (χ1v) is 10.5. The largest absolute Gasteiger partial charge is 0.313 e. The second-order valence-electron chi connectivity index (χ2n) is 4.99. The monoisotopic (exact) mass is 334 g/mol. The number of rotatable bonds is 7. The van der Waals surface area contributed by atoms with Gasteiger partial charge in [0.1, 0.15) is 4.21 Å².